The highest BCUT2D eigenvalue weighted by Gasteiger charge is 2.31. The van der Waals surface area contributed by atoms with Crippen LogP contribution in [-0.4, -0.2) is 37.3 Å². The Hall–Kier alpha value is -1.39. The maximum absolute atomic E-state index is 12.3. The molecule has 1 unspecified atom stereocenters. The maximum atomic E-state index is 12.3. The Kier molecular flexibility index (Phi) is 3.07. The second-order valence-corrected chi connectivity index (χ2v) is 5.66. The molecule has 2 aliphatic heterocycles. The Balaban J connectivity index is 1.81. The fourth-order valence-electron chi connectivity index (χ4n) is 2.59. The topological polar surface area (TPSA) is 44.8 Å². The van der Waals surface area contributed by atoms with Crippen LogP contribution in [0.3, 0.4) is 0 Å². The molecule has 19 heavy (non-hydrogen) atoms. The summed E-state index contributed by atoms with van der Waals surface area (Å²) in [4.78, 5) is 12.3. The molecule has 1 aromatic rings. The summed E-state index contributed by atoms with van der Waals surface area (Å²) in [6.07, 6.45) is 0.355. The van der Waals surface area contributed by atoms with E-state index in [9.17, 15) is 4.79 Å². The number of rotatable bonds is 2. The third-order valence-corrected chi connectivity index (χ3v) is 3.46. The second-order valence-electron chi connectivity index (χ2n) is 5.66. The number of ether oxygens (including phenoxy) is 3. The quantitative estimate of drug-likeness (QED) is 0.765. The van der Waals surface area contributed by atoms with Crippen LogP contribution in [0.5, 0.6) is 5.75 Å². The highest BCUT2D eigenvalue weighted by atomic mass is 16.6. The Morgan fingerprint density at radius 1 is 1.32 bits per heavy atom. The lowest BCUT2D eigenvalue weighted by Gasteiger charge is -2.21. The molecule has 0 radical (unpaired) electrons. The monoisotopic (exact) mass is 262 g/mol. The fourth-order valence-corrected chi connectivity index (χ4v) is 2.59. The summed E-state index contributed by atoms with van der Waals surface area (Å²) in [5.41, 5.74) is 1.58. The van der Waals surface area contributed by atoms with Crippen molar-refractivity contribution in [1.82, 2.24) is 0 Å². The van der Waals surface area contributed by atoms with Crippen LogP contribution in [0.1, 0.15) is 29.8 Å². The van der Waals surface area contributed by atoms with Crippen molar-refractivity contribution in [3.05, 3.63) is 29.3 Å². The number of Topliss-reactive ketones (excluding diaryl/α,β-unsaturated/α-hetero) is 1. The van der Waals surface area contributed by atoms with Crippen LogP contribution in [0.2, 0.25) is 0 Å². The Labute approximate surface area is 112 Å². The molecule has 0 N–H and O–H groups in total. The van der Waals surface area contributed by atoms with E-state index < -0.39 is 6.10 Å². The number of ketones is 1. The molecule has 2 aliphatic rings. The van der Waals surface area contributed by atoms with Gasteiger partial charge in [0.25, 0.3) is 0 Å². The van der Waals surface area contributed by atoms with E-state index in [1.54, 1.807) is 6.07 Å². The first-order valence-electron chi connectivity index (χ1n) is 6.61. The molecule has 0 spiro atoms. The lowest BCUT2D eigenvalue weighted by Crippen LogP contribution is -2.35. The Morgan fingerprint density at radius 3 is 2.89 bits per heavy atom. The van der Waals surface area contributed by atoms with Crippen molar-refractivity contribution in [2.45, 2.75) is 32.0 Å². The Morgan fingerprint density at radius 2 is 2.16 bits per heavy atom. The van der Waals surface area contributed by atoms with Gasteiger partial charge in [-0.1, -0.05) is 0 Å². The molecule has 2 heterocycles. The summed E-state index contributed by atoms with van der Waals surface area (Å²) in [6.45, 7) is 5.49. The summed E-state index contributed by atoms with van der Waals surface area (Å²) in [6, 6.07) is 5.60. The molecule has 0 aromatic heterocycles. The molecule has 0 bridgehead atoms. The van der Waals surface area contributed by atoms with Gasteiger partial charge >= 0.3 is 0 Å². The van der Waals surface area contributed by atoms with Crippen LogP contribution in [0.25, 0.3) is 0 Å². The second kappa shape index (κ2) is 4.62. The zero-order valence-corrected chi connectivity index (χ0v) is 11.3. The van der Waals surface area contributed by atoms with Crippen molar-refractivity contribution < 1.29 is 19.0 Å². The molecule has 0 saturated carbocycles. The van der Waals surface area contributed by atoms with E-state index in [1.807, 2.05) is 26.0 Å². The first-order chi connectivity index (χ1) is 9.05. The van der Waals surface area contributed by atoms with Crippen LogP contribution in [-0.2, 0) is 15.9 Å². The van der Waals surface area contributed by atoms with Gasteiger partial charge in [0.1, 0.15) is 17.5 Å². The Bertz CT molecular complexity index is 501. The van der Waals surface area contributed by atoms with Crippen LogP contribution in [0, 0.1) is 0 Å². The van der Waals surface area contributed by atoms with Gasteiger partial charge in [0.05, 0.1) is 19.8 Å². The zero-order chi connectivity index (χ0) is 13.5. The summed E-state index contributed by atoms with van der Waals surface area (Å²) in [7, 11) is 0. The van der Waals surface area contributed by atoms with Gasteiger partial charge in [-0.25, -0.2) is 0 Å². The van der Waals surface area contributed by atoms with Gasteiger partial charge in [-0.05, 0) is 37.6 Å². The van der Waals surface area contributed by atoms with Crippen molar-refractivity contribution in [2.24, 2.45) is 0 Å². The van der Waals surface area contributed by atoms with E-state index in [2.05, 4.69) is 0 Å². The first-order valence-corrected chi connectivity index (χ1v) is 6.61. The minimum Gasteiger partial charge on any atom is -0.487 e. The number of hydrogen-bond donors (Lipinski definition) is 0. The van der Waals surface area contributed by atoms with Crippen LogP contribution < -0.4 is 4.74 Å². The molecule has 1 aromatic carbocycles. The lowest BCUT2D eigenvalue weighted by atomic mass is 9.98. The molecule has 1 atom stereocenters. The molecule has 0 aliphatic carbocycles. The third-order valence-electron chi connectivity index (χ3n) is 3.46. The van der Waals surface area contributed by atoms with E-state index in [4.69, 9.17) is 14.2 Å². The fraction of sp³-hybridized carbons (Fsp3) is 0.533. The van der Waals surface area contributed by atoms with E-state index in [-0.39, 0.29) is 11.4 Å². The SMILES string of the molecule is CC1(C)Cc2cc(C(=O)C3COCCO3)ccc2O1. The highest BCUT2D eigenvalue weighted by Crippen LogP contribution is 2.35. The molecule has 3 rings (SSSR count). The molecule has 1 fully saturated rings. The number of carbonyl (C=O) groups excluding carboxylic acids is 1. The predicted octanol–water partition coefficient (Wildman–Crippen LogP) is 2.00. The molecule has 4 nitrogen and oxygen atoms in total. The number of fused-ring (bicyclic) bond motifs is 1. The van der Waals surface area contributed by atoms with Crippen molar-refractivity contribution in [3.63, 3.8) is 0 Å². The molecular weight excluding hydrogens is 244 g/mol. The van der Waals surface area contributed by atoms with Crippen molar-refractivity contribution >= 4 is 5.78 Å². The molecule has 4 heteroatoms. The van der Waals surface area contributed by atoms with Crippen LogP contribution in [0.15, 0.2) is 18.2 Å². The van der Waals surface area contributed by atoms with Crippen LogP contribution >= 0.6 is 0 Å². The van der Waals surface area contributed by atoms with Crippen molar-refractivity contribution in [3.8, 4) is 5.75 Å². The third kappa shape index (κ3) is 2.51. The summed E-state index contributed by atoms with van der Waals surface area (Å²) in [5, 5.41) is 0. The molecule has 1 saturated heterocycles. The lowest BCUT2D eigenvalue weighted by molar-refractivity contribution is -0.0719. The van der Waals surface area contributed by atoms with E-state index >= 15 is 0 Å². The average Bonchev–Trinajstić information content (AvgIpc) is 2.71. The minimum absolute atomic E-state index is 0.00722. The van der Waals surface area contributed by atoms with Gasteiger partial charge in [-0.15, -0.1) is 0 Å². The van der Waals surface area contributed by atoms with E-state index in [1.165, 1.54) is 0 Å². The van der Waals surface area contributed by atoms with Gasteiger partial charge in [-0.3, -0.25) is 4.79 Å². The zero-order valence-electron chi connectivity index (χ0n) is 11.3. The highest BCUT2D eigenvalue weighted by molar-refractivity contribution is 6.00. The van der Waals surface area contributed by atoms with Crippen molar-refractivity contribution in [2.75, 3.05) is 19.8 Å². The minimum atomic E-state index is -0.470. The van der Waals surface area contributed by atoms with E-state index in [0.717, 1.165) is 17.7 Å². The number of hydrogen-bond acceptors (Lipinski definition) is 4. The van der Waals surface area contributed by atoms with Gasteiger partial charge in [0.15, 0.2) is 5.78 Å². The van der Waals surface area contributed by atoms with Gasteiger partial charge in [-0.2, -0.15) is 0 Å². The summed E-state index contributed by atoms with van der Waals surface area (Å²) >= 11 is 0. The van der Waals surface area contributed by atoms with Gasteiger partial charge in [0.2, 0.25) is 0 Å². The smallest absolute Gasteiger partial charge is 0.193 e. The van der Waals surface area contributed by atoms with Crippen LogP contribution in [0.4, 0.5) is 0 Å². The van der Waals surface area contributed by atoms with Gasteiger partial charge in [0, 0.05) is 12.0 Å². The van der Waals surface area contributed by atoms with Crippen molar-refractivity contribution in [1.29, 1.82) is 0 Å². The number of benzene rings is 1. The molecule has 102 valence electrons. The number of carbonyl (C=O) groups is 1. The summed E-state index contributed by atoms with van der Waals surface area (Å²) < 4.78 is 16.5. The maximum Gasteiger partial charge on any atom is 0.193 e. The largest absolute Gasteiger partial charge is 0.487 e. The van der Waals surface area contributed by atoms with Gasteiger partial charge < -0.3 is 14.2 Å². The normalized spacial score (nSPS) is 24.6. The first kappa shape index (κ1) is 12.6. The predicted molar refractivity (Wildman–Crippen MR) is 69.7 cm³/mol. The standard InChI is InChI=1S/C15H18O4/c1-15(2)8-11-7-10(3-4-12(11)19-15)14(16)13-9-17-5-6-18-13/h3-4,7,13H,5-6,8-9H2,1-2H3. The van der Waals surface area contributed by atoms with E-state index in [0.29, 0.717) is 25.4 Å². The average molecular weight is 262 g/mol. The molecular formula is C15H18O4. The summed E-state index contributed by atoms with van der Waals surface area (Å²) in [5.74, 6) is 0.870. The molecule has 0 amide bonds.